The zero-order valence-corrected chi connectivity index (χ0v) is 12.3. The smallest absolute Gasteiger partial charge is 0.310 e. The molecule has 5 heteroatoms. The Morgan fingerprint density at radius 2 is 2.19 bits per heavy atom. The maximum absolute atomic E-state index is 11.6. The number of rotatable bonds is 4. The van der Waals surface area contributed by atoms with Crippen molar-refractivity contribution in [2.24, 2.45) is 5.41 Å². The van der Waals surface area contributed by atoms with Crippen LogP contribution in [0.2, 0.25) is 0 Å². The van der Waals surface area contributed by atoms with Gasteiger partial charge in [0.15, 0.2) is 11.5 Å². The Kier molecular flexibility index (Phi) is 3.76. The summed E-state index contributed by atoms with van der Waals surface area (Å²) in [7, 11) is 0. The number of fused-ring (bicyclic) bond motifs is 1. The zero-order valence-electron chi connectivity index (χ0n) is 12.3. The molecule has 1 aromatic rings. The molecule has 0 spiro atoms. The molecule has 2 aliphatic heterocycles. The molecule has 0 saturated carbocycles. The Hall–Kier alpha value is -1.75. The van der Waals surface area contributed by atoms with Gasteiger partial charge in [-0.2, -0.15) is 0 Å². The van der Waals surface area contributed by atoms with E-state index < -0.39 is 11.4 Å². The van der Waals surface area contributed by atoms with E-state index in [1.54, 1.807) is 0 Å². The van der Waals surface area contributed by atoms with E-state index >= 15 is 0 Å². The first-order valence-electron chi connectivity index (χ1n) is 7.47. The van der Waals surface area contributed by atoms with Crippen molar-refractivity contribution in [1.29, 1.82) is 0 Å². The number of hydrogen-bond donors (Lipinski definition) is 1. The molecular formula is C16H21NO4. The molecule has 3 rings (SSSR count). The van der Waals surface area contributed by atoms with Crippen LogP contribution in [0.25, 0.3) is 0 Å². The van der Waals surface area contributed by atoms with Gasteiger partial charge in [-0.15, -0.1) is 0 Å². The average Bonchev–Trinajstić information content (AvgIpc) is 2.94. The second-order valence-electron chi connectivity index (χ2n) is 5.94. The SMILES string of the molecule is CCC1(C(=O)O)CCCN(Cc2ccc3c(c2)OCO3)C1. The van der Waals surface area contributed by atoms with Crippen molar-refractivity contribution in [3.8, 4) is 11.5 Å². The number of piperidine rings is 1. The van der Waals surface area contributed by atoms with Crippen LogP contribution in [0.15, 0.2) is 18.2 Å². The Balaban J connectivity index is 1.71. The summed E-state index contributed by atoms with van der Waals surface area (Å²) < 4.78 is 10.7. The van der Waals surface area contributed by atoms with Crippen LogP contribution in [0.5, 0.6) is 11.5 Å². The molecule has 1 fully saturated rings. The van der Waals surface area contributed by atoms with Crippen LogP contribution in [0.1, 0.15) is 31.7 Å². The largest absolute Gasteiger partial charge is 0.481 e. The molecule has 1 atom stereocenters. The van der Waals surface area contributed by atoms with Gasteiger partial charge in [0.25, 0.3) is 0 Å². The second-order valence-corrected chi connectivity index (χ2v) is 5.94. The summed E-state index contributed by atoms with van der Waals surface area (Å²) in [6, 6.07) is 5.94. The number of nitrogens with zero attached hydrogens (tertiary/aromatic N) is 1. The number of hydrogen-bond acceptors (Lipinski definition) is 4. The molecule has 1 unspecified atom stereocenters. The number of carbonyl (C=O) groups is 1. The van der Waals surface area contributed by atoms with Gasteiger partial charge in [-0.25, -0.2) is 0 Å². The lowest BCUT2D eigenvalue weighted by atomic mass is 9.77. The molecule has 2 aliphatic rings. The summed E-state index contributed by atoms with van der Waals surface area (Å²) in [5.41, 5.74) is 0.547. The summed E-state index contributed by atoms with van der Waals surface area (Å²) in [6.45, 7) is 4.57. The fourth-order valence-corrected chi connectivity index (χ4v) is 3.27. The summed E-state index contributed by atoms with van der Waals surface area (Å²) in [4.78, 5) is 13.8. The van der Waals surface area contributed by atoms with Gasteiger partial charge in [-0.3, -0.25) is 9.69 Å². The fourth-order valence-electron chi connectivity index (χ4n) is 3.27. The standard InChI is InChI=1S/C16H21NO4/c1-2-16(15(18)19)6-3-7-17(10-16)9-12-4-5-13-14(8-12)21-11-20-13/h4-5,8H,2-3,6-7,9-11H2,1H3,(H,18,19). The quantitative estimate of drug-likeness (QED) is 0.923. The third-order valence-corrected chi connectivity index (χ3v) is 4.63. The van der Waals surface area contributed by atoms with Gasteiger partial charge in [0.2, 0.25) is 6.79 Å². The molecule has 0 radical (unpaired) electrons. The maximum Gasteiger partial charge on any atom is 0.310 e. The van der Waals surface area contributed by atoms with Gasteiger partial charge < -0.3 is 14.6 Å². The Labute approximate surface area is 124 Å². The van der Waals surface area contributed by atoms with Crippen LogP contribution in [-0.4, -0.2) is 35.9 Å². The highest BCUT2D eigenvalue weighted by Gasteiger charge is 2.40. The van der Waals surface area contributed by atoms with E-state index in [2.05, 4.69) is 4.90 Å². The molecule has 1 saturated heterocycles. The Morgan fingerprint density at radius 1 is 1.38 bits per heavy atom. The molecule has 0 aliphatic carbocycles. The molecular weight excluding hydrogens is 270 g/mol. The van der Waals surface area contributed by atoms with Gasteiger partial charge in [0, 0.05) is 13.1 Å². The van der Waals surface area contributed by atoms with Crippen molar-refractivity contribution < 1.29 is 19.4 Å². The minimum atomic E-state index is -0.666. The lowest BCUT2D eigenvalue weighted by Gasteiger charge is -2.39. The summed E-state index contributed by atoms with van der Waals surface area (Å²) in [5, 5.41) is 9.54. The number of likely N-dealkylation sites (tertiary alicyclic amines) is 1. The van der Waals surface area contributed by atoms with E-state index in [9.17, 15) is 9.90 Å². The molecule has 114 valence electrons. The van der Waals surface area contributed by atoms with Crippen LogP contribution >= 0.6 is 0 Å². The zero-order chi connectivity index (χ0) is 14.9. The third-order valence-electron chi connectivity index (χ3n) is 4.63. The van der Waals surface area contributed by atoms with Crippen LogP contribution < -0.4 is 9.47 Å². The molecule has 0 aromatic heterocycles. The number of carboxylic acid groups (broad SMARTS) is 1. The number of carboxylic acids is 1. The van der Waals surface area contributed by atoms with E-state index in [1.807, 2.05) is 25.1 Å². The van der Waals surface area contributed by atoms with E-state index in [-0.39, 0.29) is 6.79 Å². The van der Waals surface area contributed by atoms with Gasteiger partial charge in [-0.1, -0.05) is 13.0 Å². The lowest BCUT2D eigenvalue weighted by Crippen LogP contribution is -2.47. The molecule has 0 bridgehead atoms. The van der Waals surface area contributed by atoms with Gasteiger partial charge in [0.05, 0.1) is 5.41 Å². The predicted octanol–water partition coefficient (Wildman–Crippen LogP) is 2.49. The number of benzene rings is 1. The Morgan fingerprint density at radius 3 is 2.95 bits per heavy atom. The van der Waals surface area contributed by atoms with E-state index in [0.29, 0.717) is 13.0 Å². The second kappa shape index (κ2) is 5.56. The predicted molar refractivity (Wildman–Crippen MR) is 77.4 cm³/mol. The molecule has 0 amide bonds. The molecule has 2 heterocycles. The van der Waals surface area contributed by atoms with Gasteiger partial charge in [-0.05, 0) is 43.5 Å². The summed E-state index contributed by atoms with van der Waals surface area (Å²) >= 11 is 0. The average molecular weight is 291 g/mol. The highest BCUT2D eigenvalue weighted by atomic mass is 16.7. The minimum absolute atomic E-state index is 0.278. The van der Waals surface area contributed by atoms with E-state index in [0.717, 1.165) is 43.0 Å². The minimum Gasteiger partial charge on any atom is -0.481 e. The van der Waals surface area contributed by atoms with Gasteiger partial charge >= 0.3 is 5.97 Å². The molecule has 21 heavy (non-hydrogen) atoms. The van der Waals surface area contributed by atoms with Crippen LogP contribution in [0.4, 0.5) is 0 Å². The normalized spacial score (nSPS) is 25.0. The van der Waals surface area contributed by atoms with Crippen LogP contribution in [0, 0.1) is 5.41 Å². The van der Waals surface area contributed by atoms with Crippen molar-refractivity contribution in [3.05, 3.63) is 23.8 Å². The number of aliphatic carboxylic acids is 1. The van der Waals surface area contributed by atoms with Crippen molar-refractivity contribution in [2.45, 2.75) is 32.7 Å². The first kappa shape index (κ1) is 14.2. The molecule has 5 nitrogen and oxygen atoms in total. The van der Waals surface area contributed by atoms with Crippen LogP contribution in [0.3, 0.4) is 0 Å². The van der Waals surface area contributed by atoms with Crippen LogP contribution in [-0.2, 0) is 11.3 Å². The van der Waals surface area contributed by atoms with Crippen molar-refractivity contribution >= 4 is 5.97 Å². The van der Waals surface area contributed by atoms with Gasteiger partial charge in [0.1, 0.15) is 0 Å². The highest BCUT2D eigenvalue weighted by Crippen LogP contribution is 2.36. The first-order chi connectivity index (χ1) is 10.1. The van der Waals surface area contributed by atoms with Crippen molar-refractivity contribution in [3.63, 3.8) is 0 Å². The van der Waals surface area contributed by atoms with E-state index in [1.165, 1.54) is 0 Å². The van der Waals surface area contributed by atoms with E-state index in [4.69, 9.17) is 9.47 Å². The van der Waals surface area contributed by atoms with Crippen molar-refractivity contribution in [2.75, 3.05) is 19.9 Å². The fraction of sp³-hybridized carbons (Fsp3) is 0.562. The molecule has 1 N–H and O–H groups in total. The molecule has 1 aromatic carbocycles. The van der Waals surface area contributed by atoms with Crippen molar-refractivity contribution in [1.82, 2.24) is 4.90 Å². The topological polar surface area (TPSA) is 59.0 Å². The summed E-state index contributed by atoms with van der Waals surface area (Å²) in [6.07, 6.45) is 2.39. The lowest BCUT2D eigenvalue weighted by molar-refractivity contribution is -0.153. The third kappa shape index (κ3) is 2.70. The number of ether oxygens (including phenoxy) is 2. The first-order valence-corrected chi connectivity index (χ1v) is 7.47. The maximum atomic E-state index is 11.6. The summed E-state index contributed by atoms with van der Waals surface area (Å²) in [5.74, 6) is 0.899. The highest BCUT2D eigenvalue weighted by molar-refractivity contribution is 5.75. The monoisotopic (exact) mass is 291 g/mol. The Bertz CT molecular complexity index is 545.